The highest BCUT2D eigenvalue weighted by molar-refractivity contribution is 9.10. The molecule has 1 N–H and O–H groups in total. The van der Waals surface area contributed by atoms with Gasteiger partial charge in [0, 0.05) is 53.5 Å². The standard InChI is InChI=1S/C31H28BrClN6O4S/c1-2-43-31(40)28-29(24-19-21(32)7-12-25(24)35-30(28)39-14-13-34-20-39)38-17-15-37(16-18-38)27-6-4-3-5-26(27)36-44(41,42)23-10-8-22(33)9-11-23/h3-14,19-20,36H,2,15-18H2,1H3. The van der Waals surface area contributed by atoms with E-state index in [0.717, 1.165) is 26.8 Å². The van der Waals surface area contributed by atoms with Crippen LogP contribution in [0.1, 0.15) is 17.3 Å². The van der Waals surface area contributed by atoms with Gasteiger partial charge in [-0.3, -0.25) is 9.29 Å². The number of hydrogen-bond acceptors (Lipinski definition) is 8. The molecule has 5 aromatic rings. The third kappa shape index (κ3) is 5.97. The van der Waals surface area contributed by atoms with Crippen LogP contribution < -0.4 is 14.5 Å². The van der Waals surface area contributed by atoms with Crippen molar-refractivity contribution in [2.45, 2.75) is 11.8 Å². The van der Waals surface area contributed by atoms with Crippen molar-refractivity contribution in [2.24, 2.45) is 0 Å². The zero-order valence-corrected chi connectivity index (χ0v) is 26.8. The van der Waals surface area contributed by atoms with Crippen molar-refractivity contribution in [3.63, 3.8) is 0 Å². The highest BCUT2D eigenvalue weighted by Crippen LogP contribution is 2.37. The summed E-state index contributed by atoms with van der Waals surface area (Å²) in [7, 11) is -3.84. The first-order chi connectivity index (χ1) is 21.2. The quantitative estimate of drug-likeness (QED) is 0.193. The number of esters is 1. The molecule has 226 valence electrons. The van der Waals surface area contributed by atoms with Crippen LogP contribution >= 0.6 is 27.5 Å². The van der Waals surface area contributed by atoms with Crippen LogP contribution in [0.4, 0.5) is 17.1 Å². The van der Waals surface area contributed by atoms with Gasteiger partial charge in [-0.25, -0.2) is 23.2 Å². The SMILES string of the molecule is CCOC(=O)c1c(-n2ccnc2)nc2ccc(Br)cc2c1N1CCN(c2ccccc2NS(=O)(=O)c2ccc(Cl)cc2)CC1. The number of sulfonamides is 1. The largest absolute Gasteiger partial charge is 0.462 e. The number of aromatic nitrogens is 3. The van der Waals surface area contributed by atoms with E-state index in [1.165, 1.54) is 12.1 Å². The van der Waals surface area contributed by atoms with Crippen LogP contribution in [0.15, 0.2) is 94.8 Å². The minimum absolute atomic E-state index is 0.123. The Hall–Kier alpha value is -4.13. The molecule has 2 aromatic heterocycles. The molecular formula is C31H28BrClN6O4S. The van der Waals surface area contributed by atoms with Gasteiger partial charge in [0.05, 0.1) is 34.1 Å². The van der Waals surface area contributed by atoms with Crippen molar-refractivity contribution < 1.29 is 17.9 Å². The molecule has 1 fully saturated rings. The third-order valence-electron chi connectivity index (χ3n) is 7.34. The molecule has 1 aliphatic heterocycles. The molecule has 0 bridgehead atoms. The number of rotatable bonds is 8. The van der Waals surface area contributed by atoms with E-state index in [1.54, 1.807) is 54.5 Å². The summed E-state index contributed by atoms with van der Waals surface area (Å²) in [6.45, 7) is 4.24. The predicted octanol–water partition coefficient (Wildman–Crippen LogP) is 6.14. The van der Waals surface area contributed by atoms with Gasteiger partial charge in [0.25, 0.3) is 10.0 Å². The molecule has 0 atom stereocenters. The Kier molecular flexibility index (Phi) is 8.48. The van der Waals surface area contributed by atoms with Crippen molar-refractivity contribution in [1.82, 2.24) is 14.5 Å². The average Bonchev–Trinajstić information content (AvgIpc) is 3.56. The number of fused-ring (bicyclic) bond motifs is 1. The molecule has 1 saturated heterocycles. The summed E-state index contributed by atoms with van der Waals surface area (Å²) in [5.41, 5.74) is 3.06. The molecule has 3 heterocycles. The van der Waals surface area contributed by atoms with Crippen molar-refractivity contribution in [3.8, 4) is 5.82 Å². The number of carbonyl (C=O) groups excluding carboxylic acids is 1. The van der Waals surface area contributed by atoms with Crippen molar-refractivity contribution in [1.29, 1.82) is 0 Å². The van der Waals surface area contributed by atoms with Gasteiger partial charge in [0.2, 0.25) is 0 Å². The maximum absolute atomic E-state index is 13.5. The molecule has 0 amide bonds. The van der Waals surface area contributed by atoms with Gasteiger partial charge in [0.1, 0.15) is 11.9 Å². The number of piperazine rings is 1. The summed E-state index contributed by atoms with van der Waals surface area (Å²) in [6, 6.07) is 19.2. The van der Waals surface area contributed by atoms with E-state index in [4.69, 9.17) is 21.3 Å². The fraction of sp³-hybridized carbons (Fsp3) is 0.194. The van der Waals surface area contributed by atoms with E-state index in [1.807, 2.05) is 30.3 Å². The first kappa shape index (κ1) is 29.9. The summed E-state index contributed by atoms with van der Waals surface area (Å²) in [4.78, 5) is 27.0. The number of nitrogens with one attached hydrogen (secondary N) is 1. The third-order valence-corrected chi connectivity index (χ3v) is 9.46. The van der Waals surface area contributed by atoms with Crippen molar-refractivity contribution in [3.05, 3.63) is 101 Å². The Labute approximate surface area is 268 Å². The second kappa shape index (κ2) is 12.5. The number of pyridine rings is 1. The average molecular weight is 696 g/mol. The second-order valence-electron chi connectivity index (χ2n) is 10.1. The van der Waals surface area contributed by atoms with Crippen LogP contribution in [-0.2, 0) is 14.8 Å². The topological polar surface area (TPSA) is 110 Å². The lowest BCUT2D eigenvalue weighted by atomic mass is 10.1. The first-order valence-corrected chi connectivity index (χ1v) is 16.6. The zero-order chi connectivity index (χ0) is 30.8. The molecule has 0 spiro atoms. The molecule has 13 heteroatoms. The number of imidazole rings is 1. The number of benzene rings is 3. The van der Waals surface area contributed by atoms with Gasteiger partial charge in [-0.15, -0.1) is 0 Å². The van der Waals surface area contributed by atoms with Gasteiger partial charge in [-0.1, -0.05) is 39.7 Å². The van der Waals surface area contributed by atoms with Gasteiger partial charge in [-0.2, -0.15) is 0 Å². The maximum Gasteiger partial charge on any atom is 0.344 e. The lowest BCUT2D eigenvalue weighted by molar-refractivity contribution is 0.0526. The molecule has 0 radical (unpaired) electrons. The van der Waals surface area contributed by atoms with Gasteiger partial charge < -0.3 is 14.5 Å². The monoisotopic (exact) mass is 694 g/mol. The smallest absolute Gasteiger partial charge is 0.344 e. The maximum atomic E-state index is 13.5. The summed E-state index contributed by atoms with van der Waals surface area (Å²) in [6.07, 6.45) is 5.00. The number of nitrogens with zero attached hydrogens (tertiary/aromatic N) is 5. The number of hydrogen-bond donors (Lipinski definition) is 1. The molecule has 0 unspecified atom stereocenters. The number of ether oxygens (including phenoxy) is 1. The van der Waals surface area contributed by atoms with Gasteiger partial charge in [-0.05, 0) is 61.5 Å². The van der Waals surface area contributed by atoms with E-state index in [0.29, 0.717) is 48.3 Å². The highest BCUT2D eigenvalue weighted by Gasteiger charge is 2.30. The Morgan fingerprint density at radius 1 is 1.02 bits per heavy atom. The summed E-state index contributed by atoms with van der Waals surface area (Å²) < 4.78 is 37.2. The van der Waals surface area contributed by atoms with Crippen molar-refractivity contribution in [2.75, 3.05) is 47.3 Å². The lowest BCUT2D eigenvalue weighted by Gasteiger charge is -2.39. The fourth-order valence-electron chi connectivity index (χ4n) is 5.32. The van der Waals surface area contributed by atoms with Crippen LogP contribution in [0, 0.1) is 0 Å². The van der Waals surface area contributed by atoms with Gasteiger partial charge >= 0.3 is 5.97 Å². The van der Waals surface area contributed by atoms with E-state index >= 15 is 0 Å². The molecular weight excluding hydrogens is 668 g/mol. The number of para-hydroxylation sites is 2. The summed E-state index contributed by atoms with van der Waals surface area (Å²) >= 11 is 9.54. The predicted molar refractivity (Wildman–Crippen MR) is 176 cm³/mol. The second-order valence-corrected chi connectivity index (χ2v) is 13.1. The van der Waals surface area contributed by atoms with E-state index in [2.05, 4.69) is 35.4 Å². The fourth-order valence-corrected chi connectivity index (χ4v) is 6.88. The van der Waals surface area contributed by atoms with Crippen LogP contribution in [0.5, 0.6) is 0 Å². The Morgan fingerprint density at radius 2 is 1.75 bits per heavy atom. The molecule has 1 aliphatic rings. The first-order valence-electron chi connectivity index (χ1n) is 13.9. The summed E-state index contributed by atoms with van der Waals surface area (Å²) in [5, 5.41) is 1.27. The van der Waals surface area contributed by atoms with E-state index in [-0.39, 0.29) is 11.5 Å². The molecule has 0 saturated carbocycles. The van der Waals surface area contributed by atoms with Crippen LogP contribution in [0.3, 0.4) is 0 Å². The molecule has 3 aromatic carbocycles. The van der Waals surface area contributed by atoms with Crippen LogP contribution in [-0.4, -0.2) is 61.7 Å². The minimum atomic E-state index is -3.84. The Bertz CT molecular complexity index is 1930. The van der Waals surface area contributed by atoms with E-state index < -0.39 is 16.0 Å². The highest BCUT2D eigenvalue weighted by atomic mass is 79.9. The zero-order valence-electron chi connectivity index (χ0n) is 23.7. The molecule has 0 aliphatic carbocycles. The number of anilines is 3. The van der Waals surface area contributed by atoms with E-state index in [9.17, 15) is 13.2 Å². The Balaban J connectivity index is 1.34. The number of carbonyl (C=O) groups is 1. The number of halogens is 2. The lowest BCUT2D eigenvalue weighted by Crippen LogP contribution is -2.47. The Morgan fingerprint density at radius 3 is 2.45 bits per heavy atom. The molecule has 10 nitrogen and oxygen atoms in total. The molecule has 44 heavy (non-hydrogen) atoms. The normalized spacial score (nSPS) is 13.7. The molecule has 6 rings (SSSR count). The van der Waals surface area contributed by atoms with Gasteiger partial charge in [0.15, 0.2) is 5.82 Å². The van der Waals surface area contributed by atoms with Crippen LogP contribution in [0.2, 0.25) is 5.02 Å². The van der Waals surface area contributed by atoms with Crippen molar-refractivity contribution >= 4 is 71.5 Å². The summed E-state index contributed by atoms with van der Waals surface area (Å²) in [5.74, 6) is -0.0277. The minimum Gasteiger partial charge on any atom is -0.462 e. The van der Waals surface area contributed by atoms with Crippen LogP contribution in [0.25, 0.3) is 16.7 Å².